The molecular formula is C29H33Cl2N3O4S. The molecule has 3 rings (SSSR count). The first-order valence-corrected chi connectivity index (χ1v) is 14.6. The maximum atomic E-state index is 14.0. The molecule has 0 fully saturated rings. The van der Waals surface area contributed by atoms with Gasteiger partial charge in [-0.25, -0.2) is 8.42 Å². The van der Waals surface area contributed by atoms with Crippen LogP contribution in [-0.2, 0) is 26.2 Å². The van der Waals surface area contributed by atoms with Crippen LogP contribution < -0.4 is 9.62 Å². The summed E-state index contributed by atoms with van der Waals surface area (Å²) in [7, 11) is -4.20. The van der Waals surface area contributed by atoms with Crippen molar-refractivity contribution in [2.45, 2.75) is 57.6 Å². The van der Waals surface area contributed by atoms with Gasteiger partial charge in [0.2, 0.25) is 11.8 Å². The topological polar surface area (TPSA) is 86.8 Å². The number of nitrogens with one attached hydrogen (secondary N) is 1. The van der Waals surface area contributed by atoms with Gasteiger partial charge in [0.1, 0.15) is 12.6 Å². The summed E-state index contributed by atoms with van der Waals surface area (Å²) in [5, 5.41) is 3.34. The predicted octanol–water partition coefficient (Wildman–Crippen LogP) is 5.83. The van der Waals surface area contributed by atoms with Crippen LogP contribution >= 0.6 is 23.2 Å². The first-order chi connectivity index (χ1) is 18.2. The van der Waals surface area contributed by atoms with Gasteiger partial charge in [-0.05, 0) is 76.1 Å². The summed E-state index contributed by atoms with van der Waals surface area (Å²) in [4.78, 5) is 28.5. The van der Waals surface area contributed by atoms with E-state index in [9.17, 15) is 18.0 Å². The largest absolute Gasteiger partial charge is 0.350 e. The number of carbonyl (C=O) groups excluding carboxylic acids is 2. The number of sulfonamides is 1. The van der Waals surface area contributed by atoms with Crippen LogP contribution in [0.15, 0.2) is 77.7 Å². The number of rotatable bonds is 9. The Balaban J connectivity index is 2.07. The zero-order chi connectivity index (χ0) is 29.0. The van der Waals surface area contributed by atoms with Crippen LogP contribution in [0.2, 0.25) is 10.0 Å². The van der Waals surface area contributed by atoms with Gasteiger partial charge < -0.3 is 10.2 Å². The van der Waals surface area contributed by atoms with Crippen molar-refractivity contribution in [1.82, 2.24) is 10.2 Å². The van der Waals surface area contributed by atoms with Crippen molar-refractivity contribution < 1.29 is 18.0 Å². The van der Waals surface area contributed by atoms with E-state index in [1.165, 1.54) is 35.2 Å². The molecule has 0 aliphatic carbocycles. The molecule has 7 nitrogen and oxygen atoms in total. The third kappa shape index (κ3) is 7.97. The van der Waals surface area contributed by atoms with Gasteiger partial charge in [-0.3, -0.25) is 13.9 Å². The molecule has 0 aliphatic rings. The van der Waals surface area contributed by atoms with Crippen LogP contribution in [-0.4, -0.2) is 43.3 Å². The van der Waals surface area contributed by atoms with Crippen LogP contribution in [0.1, 0.15) is 38.8 Å². The Kier molecular flexibility index (Phi) is 9.69. The molecule has 0 saturated carbocycles. The lowest BCUT2D eigenvalue weighted by molar-refractivity contribution is -0.140. The Morgan fingerprint density at radius 2 is 1.49 bits per heavy atom. The normalized spacial score (nSPS) is 12.5. The van der Waals surface area contributed by atoms with E-state index in [0.29, 0.717) is 0 Å². The molecule has 0 spiro atoms. The number of nitrogens with zero attached hydrogens (tertiary/aromatic N) is 2. The van der Waals surface area contributed by atoms with Gasteiger partial charge in [0.25, 0.3) is 10.0 Å². The smallest absolute Gasteiger partial charge is 0.264 e. The van der Waals surface area contributed by atoms with Crippen molar-refractivity contribution in [3.05, 3.63) is 94.0 Å². The van der Waals surface area contributed by atoms with Gasteiger partial charge in [0, 0.05) is 22.1 Å². The molecule has 0 radical (unpaired) electrons. The van der Waals surface area contributed by atoms with Crippen molar-refractivity contribution >= 4 is 50.7 Å². The quantitative estimate of drug-likeness (QED) is 0.340. The highest BCUT2D eigenvalue weighted by molar-refractivity contribution is 7.92. The Labute approximate surface area is 240 Å². The van der Waals surface area contributed by atoms with E-state index in [2.05, 4.69) is 5.32 Å². The highest BCUT2D eigenvalue weighted by Gasteiger charge is 2.33. The third-order valence-electron chi connectivity index (χ3n) is 6.01. The van der Waals surface area contributed by atoms with E-state index < -0.39 is 34.1 Å². The SMILES string of the molecule is Cc1ccccc1CN(C(=O)CN(c1cc(Cl)cc(Cl)c1)S(=O)(=O)c1ccccc1)[C@@H](C)C(=O)NC(C)(C)C. The lowest BCUT2D eigenvalue weighted by Gasteiger charge is -2.33. The Morgan fingerprint density at radius 3 is 2.05 bits per heavy atom. The van der Waals surface area contributed by atoms with Crippen molar-refractivity contribution in [3.63, 3.8) is 0 Å². The minimum Gasteiger partial charge on any atom is -0.350 e. The summed E-state index contributed by atoms with van der Waals surface area (Å²) in [5.74, 6) is -0.918. The zero-order valence-electron chi connectivity index (χ0n) is 22.6. The average molecular weight is 591 g/mol. The van der Waals surface area contributed by atoms with E-state index >= 15 is 0 Å². The maximum absolute atomic E-state index is 14.0. The fraction of sp³-hybridized carbons (Fsp3) is 0.310. The van der Waals surface area contributed by atoms with Gasteiger partial charge in [-0.2, -0.15) is 0 Å². The van der Waals surface area contributed by atoms with Crippen molar-refractivity contribution in [1.29, 1.82) is 0 Å². The number of benzene rings is 3. The highest BCUT2D eigenvalue weighted by atomic mass is 35.5. The van der Waals surface area contributed by atoms with E-state index in [1.54, 1.807) is 25.1 Å². The second kappa shape index (κ2) is 12.4. The second-order valence-corrected chi connectivity index (χ2v) is 13.1. The van der Waals surface area contributed by atoms with Gasteiger partial charge in [-0.15, -0.1) is 0 Å². The molecule has 1 atom stereocenters. The van der Waals surface area contributed by atoms with Crippen LogP contribution in [0.3, 0.4) is 0 Å². The molecule has 2 amide bonds. The zero-order valence-corrected chi connectivity index (χ0v) is 24.9. The Bertz CT molecular complexity index is 1420. The van der Waals surface area contributed by atoms with Gasteiger partial charge in [0.15, 0.2) is 0 Å². The van der Waals surface area contributed by atoms with Crippen LogP contribution in [0, 0.1) is 6.92 Å². The molecule has 0 aliphatic heterocycles. The lowest BCUT2D eigenvalue weighted by atomic mass is 10.1. The first-order valence-electron chi connectivity index (χ1n) is 12.4. The van der Waals surface area contributed by atoms with E-state index in [4.69, 9.17) is 23.2 Å². The molecule has 0 saturated heterocycles. The second-order valence-electron chi connectivity index (χ2n) is 10.3. The number of hydrogen-bond acceptors (Lipinski definition) is 4. The number of halogens is 2. The third-order valence-corrected chi connectivity index (χ3v) is 8.24. The summed E-state index contributed by atoms with van der Waals surface area (Å²) in [6.45, 7) is 8.63. The summed E-state index contributed by atoms with van der Waals surface area (Å²) in [6.07, 6.45) is 0. The summed E-state index contributed by atoms with van der Waals surface area (Å²) in [6, 6.07) is 18.8. The van der Waals surface area contributed by atoms with Crippen molar-refractivity contribution in [2.75, 3.05) is 10.8 Å². The van der Waals surface area contributed by atoms with Crippen LogP contribution in [0.5, 0.6) is 0 Å². The minimum absolute atomic E-state index is 0.00197. The van der Waals surface area contributed by atoms with E-state index in [1.807, 2.05) is 52.0 Å². The standard InChI is InChI=1S/C29H33Cl2N3O4S/c1-20-11-9-10-12-22(20)18-33(21(2)28(36)32-29(3,4)5)27(35)19-34(25-16-23(30)15-24(31)17-25)39(37,38)26-13-7-6-8-14-26/h6-17,21H,18-19H2,1-5H3,(H,32,36)/t21-/m0/s1. The molecule has 0 bridgehead atoms. The van der Waals surface area contributed by atoms with Crippen LogP contribution in [0.25, 0.3) is 0 Å². The number of aryl methyl sites for hydroxylation is 1. The first kappa shape index (κ1) is 30.5. The number of carbonyl (C=O) groups is 2. The Morgan fingerprint density at radius 1 is 0.923 bits per heavy atom. The number of hydrogen-bond donors (Lipinski definition) is 1. The number of anilines is 1. The fourth-order valence-corrected chi connectivity index (χ4v) is 5.89. The summed E-state index contributed by atoms with van der Waals surface area (Å²) in [5.41, 5.74) is 1.38. The van der Waals surface area contributed by atoms with E-state index in [0.717, 1.165) is 15.4 Å². The van der Waals surface area contributed by atoms with Gasteiger partial charge in [-0.1, -0.05) is 65.7 Å². The molecule has 3 aromatic rings. The van der Waals surface area contributed by atoms with E-state index in [-0.39, 0.29) is 33.1 Å². The lowest BCUT2D eigenvalue weighted by Crippen LogP contribution is -2.54. The molecule has 3 aromatic carbocycles. The van der Waals surface area contributed by atoms with Crippen molar-refractivity contribution in [3.8, 4) is 0 Å². The van der Waals surface area contributed by atoms with Gasteiger partial charge >= 0.3 is 0 Å². The molecule has 39 heavy (non-hydrogen) atoms. The maximum Gasteiger partial charge on any atom is 0.264 e. The molecule has 0 aromatic heterocycles. The molecule has 0 heterocycles. The van der Waals surface area contributed by atoms with Gasteiger partial charge in [0.05, 0.1) is 10.6 Å². The fourth-order valence-electron chi connectivity index (χ4n) is 3.96. The van der Waals surface area contributed by atoms with Crippen molar-refractivity contribution in [2.24, 2.45) is 0 Å². The minimum atomic E-state index is -4.20. The molecule has 1 N–H and O–H groups in total. The predicted molar refractivity (Wildman–Crippen MR) is 157 cm³/mol. The molecule has 10 heteroatoms. The highest BCUT2D eigenvalue weighted by Crippen LogP contribution is 2.30. The molecule has 208 valence electrons. The number of amides is 2. The van der Waals surface area contributed by atoms with Crippen LogP contribution in [0.4, 0.5) is 5.69 Å². The molecular weight excluding hydrogens is 557 g/mol. The Hall–Kier alpha value is -3.07. The summed E-state index contributed by atoms with van der Waals surface area (Å²) >= 11 is 12.4. The average Bonchev–Trinajstić information content (AvgIpc) is 2.85. The monoisotopic (exact) mass is 589 g/mol. The molecule has 0 unspecified atom stereocenters. The summed E-state index contributed by atoms with van der Waals surface area (Å²) < 4.78 is 28.6.